The van der Waals surface area contributed by atoms with Crippen molar-refractivity contribution in [2.24, 2.45) is 0 Å². The number of fused-ring (bicyclic) bond motifs is 1. The van der Waals surface area contributed by atoms with Crippen LogP contribution in [0.25, 0.3) is 10.9 Å². The molecule has 0 radical (unpaired) electrons. The van der Waals surface area contributed by atoms with Gasteiger partial charge in [0.2, 0.25) is 0 Å². The summed E-state index contributed by atoms with van der Waals surface area (Å²) in [6, 6.07) is 16.3. The van der Waals surface area contributed by atoms with Crippen LogP contribution in [0.1, 0.15) is 39.2 Å². The third kappa shape index (κ3) is 4.99. The first kappa shape index (κ1) is 22.5. The molecule has 2 amide bonds. The summed E-state index contributed by atoms with van der Waals surface area (Å²) in [4.78, 5) is 32.1. The maximum absolute atomic E-state index is 12.9. The lowest BCUT2D eigenvalue weighted by molar-refractivity contribution is 0.0939. The van der Waals surface area contributed by atoms with Gasteiger partial charge in [-0.15, -0.1) is 0 Å². The van der Waals surface area contributed by atoms with Crippen molar-refractivity contribution < 1.29 is 14.3 Å². The molecule has 9 heteroatoms. The van der Waals surface area contributed by atoms with Crippen LogP contribution in [0, 0.1) is 0 Å². The first-order chi connectivity index (χ1) is 17.1. The van der Waals surface area contributed by atoms with E-state index in [2.05, 4.69) is 30.7 Å². The summed E-state index contributed by atoms with van der Waals surface area (Å²) in [6.45, 7) is 4.98. The number of hydrogen-bond donors (Lipinski definition) is 3. The lowest BCUT2D eigenvalue weighted by Crippen LogP contribution is -2.36. The molecule has 2 aromatic carbocycles. The standard InChI is InChI=1S/C26H26N6O3/c1-17(20-3-2-10-27-16-20)28-26(34)19-6-9-23-22(15-19)24(31-30-23)29-25(33)18-4-7-21(8-5-18)32-11-13-35-14-12-32/h2-10,15-17H,11-14H2,1H3,(H,28,34)(H2,29,30,31,33). The number of hydrogen-bond acceptors (Lipinski definition) is 6. The summed E-state index contributed by atoms with van der Waals surface area (Å²) in [5.74, 6) is -0.121. The number of ether oxygens (including phenoxy) is 1. The van der Waals surface area contributed by atoms with Gasteiger partial charge >= 0.3 is 0 Å². The Morgan fingerprint density at radius 1 is 1.03 bits per heavy atom. The minimum atomic E-state index is -0.271. The molecule has 1 aliphatic rings. The molecular weight excluding hydrogens is 444 g/mol. The minimum Gasteiger partial charge on any atom is -0.378 e. The van der Waals surface area contributed by atoms with Crippen molar-refractivity contribution in [2.45, 2.75) is 13.0 Å². The average molecular weight is 471 g/mol. The van der Waals surface area contributed by atoms with Crippen molar-refractivity contribution in [1.29, 1.82) is 0 Å². The maximum Gasteiger partial charge on any atom is 0.256 e. The van der Waals surface area contributed by atoms with Crippen LogP contribution in [-0.4, -0.2) is 53.3 Å². The maximum atomic E-state index is 12.9. The van der Waals surface area contributed by atoms with Crippen LogP contribution in [0.5, 0.6) is 0 Å². The van der Waals surface area contributed by atoms with E-state index in [-0.39, 0.29) is 17.9 Å². The number of carbonyl (C=O) groups is 2. The van der Waals surface area contributed by atoms with E-state index >= 15 is 0 Å². The molecule has 0 saturated carbocycles. The smallest absolute Gasteiger partial charge is 0.256 e. The number of carbonyl (C=O) groups excluding carboxylic acids is 2. The first-order valence-electron chi connectivity index (χ1n) is 11.5. The molecule has 9 nitrogen and oxygen atoms in total. The Balaban J connectivity index is 1.29. The van der Waals surface area contributed by atoms with E-state index in [0.29, 0.717) is 35.5 Å². The molecule has 1 aliphatic heterocycles. The highest BCUT2D eigenvalue weighted by Crippen LogP contribution is 2.24. The highest BCUT2D eigenvalue weighted by Gasteiger charge is 2.17. The van der Waals surface area contributed by atoms with Crippen LogP contribution in [0.4, 0.5) is 11.5 Å². The number of aromatic amines is 1. The topological polar surface area (TPSA) is 112 Å². The molecular formula is C26H26N6O3. The van der Waals surface area contributed by atoms with Gasteiger partial charge in [-0.3, -0.25) is 19.7 Å². The first-order valence-corrected chi connectivity index (χ1v) is 11.5. The summed E-state index contributed by atoms with van der Waals surface area (Å²) < 4.78 is 5.40. The van der Waals surface area contributed by atoms with Gasteiger partial charge in [0.15, 0.2) is 5.82 Å². The number of morpholine rings is 1. The Bertz CT molecular complexity index is 1330. The highest BCUT2D eigenvalue weighted by atomic mass is 16.5. The Morgan fingerprint density at radius 3 is 2.54 bits per heavy atom. The van der Waals surface area contributed by atoms with Gasteiger partial charge in [0.25, 0.3) is 11.8 Å². The van der Waals surface area contributed by atoms with Crippen LogP contribution < -0.4 is 15.5 Å². The zero-order chi connectivity index (χ0) is 24.2. The monoisotopic (exact) mass is 470 g/mol. The zero-order valence-electron chi connectivity index (χ0n) is 19.3. The van der Waals surface area contributed by atoms with Crippen molar-refractivity contribution >= 4 is 34.2 Å². The van der Waals surface area contributed by atoms with Crippen LogP contribution in [0.2, 0.25) is 0 Å². The van der Waals surface area contributed by atoms with Crippen LogP contribution in [-0.2, 0) is 4.74 Å². The molecule has 0 bridgehead atoms. The second kappa shape index (κ2) is 9.94. The molecule has 0 aliphatic carbocycles. The molecule has 4 aromatic rings. The van der Waals surface area contributed by atoms with E-state index < -0.39 is 0 Å². The molecule has 1 unspecified atom stereocenters. The normalized spacial score (nSPS) is 14.5. The molecule has 35 heavy (non-hydrogen) atoms. The number of nitrogens with zero attached hydrogens (tertiary/aromatic N) is 3. The third-order valence-electron chi connectivity index (χ3n) is 6.09. The number of H-pyrrole nitrogens is 1. The molecule has 1 saturated heterocycles. The largest absolute Gasteiger partial charge is 0.378 e. The van der Waals surface area contributed by atoms with Gasteiger partial charge in [0, 0.05) is 47.7 Å². The summed E-state index contributed by atoms with van der Waals surface area (Å²) in [5.41, 5.74) is 3.70. The van der Waals surface area contributed by atoms with E-state index in [1.54, 1.807) is 42.7 Å². The lowest BCUT2D eigenvalue weighted by atomic mass is 10.1. The number of pyridine rings is 1. The van der Waals surface area contributed by atoms with Gasteiger partial charge in [-0.25, -0.2) is 0 Å². The Labute approximate surface area is 202 Å². The van der Waals surface area contributed by atoms with Gasteiger partial charge in [-0.2, -0.15) is 5.10 Å². The quantitative estimate of drug-likeness (QED) is 0.397. The fourth-order valence-electron chi connectivity index (χ4n) is 4.07. The highest BCUT2D eigenvalue weighted by molar-refractivity contribution is 6.09. The SMILES string of the molecule is CC(NC(=O)c1ccc2[nH]nc(NC(=O)c3ccc(N4CCOCC4)cc3)c2c1)c1cccnc1. The molecule has 5 rings (SSSR count). The number of amides is 2. The van der Waals surface area contributed by atoms with Gasteiger partial charge in [-0.05, 0) is 61.0 Å². The van der Waals surface area contributed by atoms with Crippen molar-refractivity contribution in [3.05, 3.63) is 83.7 Å². The molecule has 0 spiro atoms. The summed E-state index contributed by atoms with van der Waals surface area (Å²) in [6.07, 6.45) is 3.42. The van der Waals surface area contributed by atoms with Gasteiger partial charge in [-0.1, -0.05) is 6.07 Å². The second-order valence-electron chi connectivity index (χ2n) is 8.41. The van der Waals surface area contributed by atoms with E-state index in [1.807, 2.05) is 31.2 Å². The van der Waals surface area contributed by atoms with Crippen molar-refractivity contribution in [2.75, 3.05) is 36.5 Å². The van der Waals surface area contributed by atoms with Crippen molar-refractivity contribution in [3.63, 3.8) is 0 Å². The van der Waals surface area contributed by atoms with Crippen LogP contribution in [0.3, 0.4) is 0 Å². The van der Waals surface area contributed by atoms with Crippen molar-refractivity contribution in [3.8, 4) is 0 Å². The molecule has 3 heterocycles. The average Bonchev–Trinajstić information content (AvgIpc) is 3.31. The van der Waals surface area contributed by atoms with Crippen LogP contribution in [0.15, 0.2) is 67.0 Å². The predicted octanol–water partition coefficient (Wildman–Crippen LogP) is 3.54. The van der Waals surface area contributed by atoms with E-state index in [9.17, 15) is 9.59 Å². The summed E-state index contributed by atoms with van der Waals surface area (Å²) in [7, 11) is 0. The second-order valence-corrected chi connectivity index (χ2v) is 8.41. The Hall–Kier alpha value is -4.24. The number of aromatic nitrogens is 3. The number of benzene rings is 2. The van der Waals surface area contributed by atoms with Gasteiger partial charge in [0.05, 0.1) is 24.8 Å². The number of nitrogens with one attached hydrogen (secondary N) is 3. The molecule has 2 aromatic heterocycles. The predicted molar refractivity (Wildman–Crippen MR) is 134 cm³/mol. The minimum absolute atomic E-state index is 0.198. The number of rotatable bonds is 6. The van der Waals surface area contributed by atoms with Crippen LogP contribution >= 0.6 is 0 Å². The summed E-state index contributed by atoms with van der Waals surface area (Å²) in [5, 5.41) is 13.6. The lowest BCUT2D eigenvalue weighted by Gasteiger charge is -2.28. The molecule has 1 atom stereocenters. The fraction of sp³-hybridized carbons (Fsp3) is 0.231. The number of anilines is 2. The fourth-order valence-corrected chi connectivity index (χ4v) is 4.07. The zero-order valence-corrected chi connectivity index (χ0v) is 19.3. The Morgan fingerprint density at radius 2 is 1.80 bits per heavy atom. The molecule has 1 fully saturated rings. The van der Waals surface area contributed by atoms with E-state index in [0.717, 1.165) is 29.9 Å². The van der Waals surface area contributed by atoms with Crippen molar-refractivity contribution in [1.82, 2.24) is 20.5 Å². The van der Waals surface area contributed by atoms with Gasteiger partial charge in [0.1, 0.15) is 0 Å². The summed E-state index contributed by atoms with van der Waals surface area (Å²) >= 11 is 0. The Kier molecular flexibility index (Phi) is 6.40. The molecule has 178 valence electrons. The van der Waals surface area contributed by atoms with E-state index in [1.165, 1.54) is 0 Å². The molecule has 3 N–H and O–H groups in total. The third-order valence-corrected chi connectivity index (χ3v) is 6.09. The van der Waals surface area contributed by atoms with Gasteiger partial charge < -0.3 is 20.3 Å². The van der Waals surface area contributed by atoms with E-state index in [4.69, 9.17) is 4.74 Å².